The van der Waals surface area contributed by atoms with E-state index < -0.39 is 64.5 Å². The number of hydrogen-bond acceptors (Lipinski definition) is 6. The number of urea groups is 1. The van der Waals surface area contributed by atoms with Gasteiger partial charge in [-0.25, -0.2) is 4.79 Å². The van der Waals surface area contributed by atoms with Gasteiger partial charge in [-0.1, -0.05) is 110 Å². The van der Waals surface area contributed by atoms with Crippen molar-refractivity contribution in [2.24, 2.45) is 16.7 Å². The Balaban J connectivity index is 1.85. The normalized spacial score (nSPS) is 18.8. The van der Waals surface area contributed by atoms with Gasteiger partial charge in [0.15, 0.2) is 0 Å². The van der Waals surface area contributed by atoms with E-state index in [-0.39, 0.29) is 31.3 Å². The standard InChI is InChI=1S/C42H64N6O6/c1-11-13-14-19-31(35(50)38(52)43-21-12-2)44-37(51)34-29(23-27(3)4)20-22-48(34)39(53)36(42(8,9)10)46-40(54)45-32(41(5,6)7)26-47-25-30-18-16-15-17-28(30)24-33(47)49/h12,15-18,23,29,31-32,34,36H,2,11,13-14,19-22,24-26H2,1,3-10H3,(H,43,52)(H,44,51)(H2,45,46,54)/t29-,31?,32-,34+,36-/m1/s1. The lowest BCUT2D eigenvalue weighted by Crippen LogP contribution is -2.62. The second-order valence-corrected chi connectivity index (χ2v) is 17.1. The zero-order valence-corrected chi connectivity index (χ0v) is 34.0. The number of nitrogens with zero attached hydrogens (tertiary/aromatic N) is 2. The van der Waals surface area contributed by atoms with Crippen LogP contribution in [0.15, 0.2) is 48.6 Å². The highest BCUT2D eigenvalue weighted by Crippen LogP contribution is 2.31. The van der Waals surface area contributed by atoms with E-state index in [2.05, 4.69) is 27.8 Å². The summed E-state index contributed by atoms with van der Waals surface area (Å²) in [6.45, 7) is 22.1. The van der Waals surface area contributed by atoms with Gasteiger partial charge < -0.3 is 31.1 Å². The van der Waals surface area contributed by atoms with E-state index in [9.17, 15) is 28.8 Å². The van der Waals surface area contributed by atoms with Crippen molar-refractivity contribution in [3.8, 4) is 0 Å². The molecule has 1 aromatic carbocycles. The molecule has 4 N–H and O–H groups in total. The lowest BCUT2D eigenvalue weighted by molar-refractivity contribution is -0.144. The molecule has 0 aromatic heterocycles. The Kier molecular flexibility index (Phi) is 15.6. The minimum atomic E-state index is -1.06. The molecule has 54 heavy (non-hydrogen) atoms. The molecular formula is C42H64N6O6. The van der Waals surface area contributed by atoms with Crippen molar-refractivity contribution in [3.05, 3.63) is 59.7 Å². The van der Waals surface area contributed by atoms with E-state index in [4.69, 9.17) is 0 Å². The van der Waals surface area contributed by atoms with Crippen molar-refractivity contribution in [2.45, 2.75) is 132 Å². The zero-order chi connectivity index (χ0) is 40.4. The Morgan fingerprint density at radius 1 is 0.944 bits per heavy atom. The smallest absolute Gasteiger partial charge is 0.315 e. The Morgan fingerprint density at radius 2 is 1.61 bits per heavy atom. The Hall–Kier alpha value is -4.48. The Bertz CT molecular complexity index is 1570. The number of benzene rings is 1. The fourth-order valence-corrected chi connectivity index (χ4v) is 7.06. The number of nitrogens with one attached hydrogen (secondary N) is 4. The summed E-state index contributed by atoms with van der Waals surface area (Å²) in [5.74, 6) is -2.84. The first kappa shape index (κ1) is 43.9. The molecule has 0 saturated carbocycles. The third-order valence-electron chi connectivity index (χ3n) is 10.2. The molecule has 6 amide bonds. The number of hydrogen-bond donors (Lipinski definition) is 4. The molecule has 2 aliphatic heterocycles. The number of unbranched alkanes of at least 4 members (excludes halogenated alkanes) is 2. The maximum absolute atomic E-state index is 14.6. The summed E-state index contributed by atoms with van der Waals surface area (Å²) in [5, 5.41) is 11.4. The van der Waals surface area contributed by atoms with Gasteiger partial charge >= 0.3 is 6.03 Å². The predicted octanol–water partition coefficient (Wildman–Crippen LogP) is 4.82. The molecule has 12 heteroatoms. The van der Waals surface area contributed by atoms with Gasteiger partial charge in [0, 0.05) is 32.1 Å². The molecule has 1 fully saturated rings. The summed E-state index contributed by atoms with van der Waals surface area (Å²) < 4.78 is 0. The number of carbonyl (C=O) groups is 6. The van der Waals surface area contributed by atoms with Crippen LogP contribution in [-0.4, -0.2) is 89.0 Å². The minimum absolute atomic E-state index is 0.0103. The van der Waals surface area contributed by atoms with E-state index in [1.807, 2.05) is 92.7 Å². The van der Waals surface area contributed by atoms with Crippen LogP contribution in [0.1, 0.15) is 106 Å². The van der Waals surface area contributed by atoms with Crippen LogP contribution in [-0.2, 0) is 36.9 Å². The lowest BCUT2D eigenvalue weighted by atomic mass is 9.85. The lowest BCUT2D eigenvalue weighted by Gasteiger charge is -2.39. The van der Waals surface area contributed by atoms with Gasteiger partial charge in [0.05, 0.1) is 18.5 Å². The number of fused-ring (bicyclic) bond motifs is 1. The molecule has 2 aliphatic rings. The van der Waals surface area contributed by atoms with Crippen molar-refractivity contribution in [1.29, 1.82) is 0 Å². The Labute approximate surface area is 322 Å². The third-order valence-corrected chi connectivity index (χ3v) is 10.2. The molecule has 0 radical (unpaired) electrons. The van der Waals surface area contributed by atoms with Crippen LogP contribution in [0.25, 0.3) is 0 Å². The molecule has 0 bridgehead atoms. The first-order valence-corrected chi connectivity index (χ1v) is 19.4. The van der Waals surface area contributed by atoms with Crippen LogP contribution < -0.4 is 21.3 Å². The summed E-state index contributed by atoms with van der Waals surface area (Å²) in [7, 11) is 0. The maximum Gasteiger partial charge on any atom is 0.315 e. The second kappa shape index (κ2) is 19.2. The number of carbonyl (C=O) groups excluding carboxylic acids is 6. The van der Waals surface area contributed by atoms with Gasteiger partial charge in [-0.15, -0.1) is 6.58 Å². The van der Waals surface area contributed by atoms with Crippen LogP contribution in [0.2, 0.25) is 0 Å². The predicted molar refractivity (Wildman–Crippen MR) is 211 cm³/mol. The number of amides is 6. The van der Waals surface area contributed by atoms with E-state index in [0.717, 1.165) is 29.5 Å². The summed E-state index contributed by atoms with van der Waals surface area (Å²) in [4.78, 5) is 85.0. The monoisotopic (exact) mass is 748 g/mol. The quantitative estimate of drug-likeness (QED) is 0.108. The van der Waals surface area contributed by atoms with E-state index >= 15 is 0 Å². The molecule has 298 valence electrons. The molecule has 2 heterocycles. The first-order chi connectivity index (χ1) is 25.3. The summed E-state index contributed by atoms with van der Waals surface area (Å²) in [6.07, 6.45) is 6.86. The molecule has 5 atom stereocenters. The first-order valence-electron chi connectivity index (χ1n) is 19.4. The highest BCUT2D eigenvalue weighted by Gasteiger charge is 2.46. The van der Waals surface area contributed by atoms with Crippen molar-refractivity contribution in [3.63, 3.8) is 0 Å². The fraction of sp³-hybridized carbons (Fsp3) is 0.619. The number of Topliss-reactive ketones (excluding diaryl/α,β-unsaturated/α-hetero) is 1. The second-order valence-electron chi connectivity index (χ2n) is 17.1. The molecule has 0 aliphatic carbocycles. The largest absolute Gasteiger partial charge is 0.346 e. The van der Waals surface area contributed by atoms with Crippen LogP contribution >= 0.6 is 0 Å². The van der Waals surface area contributed by atoms with E-state index in [1.165, 1.54) is 11.0 Å². The van der Waals surface area contributed by atoms with Crippen molar-refractivity contribution in [1.82, 2.24) is 31.1 Å². The van der Waals surface area contributed by atoms with Gasteiger partial charge in [0.2, 0.25) is 23.5 Å². The average molecular weight is 749 g/mol. The van der Waals surface area contributed by atoms with Gasteiger partial charge in [-0.3, -0.25) is 24.0 Å². The van der Waals surface area contributed by atoms with Gasteiger partial charge in [0.25, 0.3) is 5.91 Å². The SMILES string of the molecule is C=CCNC(=O)C(=O)C(CCCCC)NC(=O)[C@@H]1[C@@H](C=C(C)C)CCN1C(=O)[C@@H](NC(=O)N[C@H](CN1Cc2ccccc2CC1=O)C(C)(C)C)C(C)(C)C. The van der Waals surface area contributed by atoms with Crippen LogP contribution in [0.5, 0.6) is 0 Å². The molecule has 1 unspecified atom stereocenters. The summed E-state index contributed by atoms with van der Waals surface area (Å²) in [5.41, 5.74) is 1.88. The molecule has 12 nitrogen and oxygen atoms in total. The van der Waals surface area contributed by atoms with E-state index in [0.29, 0.717) is 32.4 Å². The Morgan fingerprint density at radius 3 is 2.20 bits per heavy atom. The summed E-state index contributed by atoms with van der Waals surface area (Å²) >= 11 is 0. The van der Waals surface area contributed by atoms with Gasteiger partial charge in [0.1, 0.15) is 12.1 Å². The maximum atomic E-state index is 14.6. The van der Waals surface area contributed by atoms with Crippen LogP contribution in [0.3, 0.4) is 0 Å². The van der Waals surface area contributed by atoms with Crippen molar-refractivity contribution < 1.29 is 28.8 Å². The van der Waals surface area contributed by atoms with Crippen molar-refractivity contribution in [2.75, 3.05) is 19.6 Å². The number of likely N-dealkylation sites (tertiary alicyclic amines) is 1. The molecule has 0 spiro atoms. The summed E-state index contributed by atoms with van der Waals surface area (Å²) in [6, 6.07) is 3.82. The highest BCUT2D eigenvalue weighted by atomic mass is 16.2. The zero-order valence-electron chi connectivity index (χ0n) is 34.0. The number of allylic oxidation sites excluding steroid dienone is 1. The van der Waals surface area contributed by atoms with Crippen molar-refractivity contribution >= 4 is 35.4 Å². The van der Waals surface area contributed by atoms with Crippen LogP contribution in [0.4, 0.5) is 4.79 Å². The van der Waals surface area contributed by atoms with Crippen LogP contribution in [0, 0.1) is 16.7 Å². The third kappa shape index (κ3) is 12.0. The fourth-order valence-electron chi connectivity index (χ4n) is 7.06. The van der Waals surface area contributed by atoms with Gasteiger partial charge in [-0.05, 0) is 48.6 Å². The topological polar surface area (TPSA) is 157 Å². The average Bonchev–Trinajstić information content (AvgIpc) is 3.50. The molecule has 1 saturated heterocycles. The van der Waals surface area contributed by atoms with Gasteiger partial charge in [-0.2, -0.15) is 0 Å². The molecule has 1 aromatic rings. The number of rotatable bonds is 16. The van der Waals surface area contributed by atoms with E-state index in [1.54, 1.807) is 4.90 Å². The molecular weight excluding hydrogens is 684 g/mol. The molecule has 3 rings (SSSR count). The highest BCUT2D eigenvalue weighted by molar-refractivity contribution is 6.38. The minimum Gasteiger partial charge on any atom is -0.346 e. The number of ketones is 1.